The number of hydrogen-bond donors (Lipinski definition) is 1. The molecule has 2 atom stereocenters. The van der Waals surface area contributed by atoms with Crippen molar-refractivity contribution < 1.29 is 4.39 Å². The van der Waals surface area contributed by atoms with E-state index < -0.39 is 0 Å². The van der Waals surface area contributed by atoms with Gasteiger partial charge in [-0.15, -0.1) is 0 Å². The predicted octanol–water partition coefficient (Wildman–Crippen LogP) is 3.73. The Hall–Kier alpha value is -0.930. The zero-order valence-electron chi connectivity index (χ0n) is 14.0. The summed E-state index contributed by atoms with van der Waals surface area (Å²) in [6.45, 7) is 14.1. The molecule has 1 aliphatic rings. The molecule has 1 fully saturated rings. The molecule has 118 valence electrons. The Balaban J connectivity index is 2.19. The monoisotopic (exact) mass is 292 g/mol. The third kappa shape index (κ3) is 4.04. The van der Waals surface area contributed by atoms with E-state index in [1.165, 1.54) is 12.0 Å². The highest BCUT2D eigenvalue weighted by Gasteiger charge is 2.34. The second kappa shape index (κ2) is 6.45. The zero-order chi connectivity index (χ0) is 15.6. The van der Waals surface area contributed by atoms with Crippen LogP contribution in [-0.2, 0) is 6.54 Å². The van der Waals surface area contributed by atoms with Crippen molar-refractivity contribution in [3.8, 4) is 0 Å². The number of nitrogens with zero attached hydrogens (tertiary/aromatic N) is 1. The summed E-state index contributed by atoms with van der Waals surface area (Å²) in [6.07, 6.45) is 1.19. The fourth-order valence-corrected chi connectivity index (χ4v) is 3.25. The third-order valence-corrected chi connectivity index (χ3v) is 4.84. The topological polar surface area (TPSA) is 15.3 Å². The van der Waals surface area contributed by atoms with Gasteiger partial charge in [0.05, 0.1) is 0 Å². The van der Waals surface area contributed by atoms with Crippen LogP contribution in [-0.4, -0.2) is 29.6 Å². The van der Waals surface area contributed by atoms with Gasteiger partial charge >= 0.3 is 0 Å². The quantitative estimate of drug-likeness (QED) is 0.909. The largest absolute Gasteiger partial charge is 0.309 e. The van der Waals surface area contributed by atoms with Gasteiger partial charge in [-0.2, -0.15) is 0 Å². The van der Waals surface area contributed by atoms with Crippen molar-refractivity contribution in [2.75, 3.05) is 13.1 Å². The molecule has 1 aliphatic heterocycles. The number of nitrogens with one attached hydrogen (secondary N) is 1. The summed E-state index contributed by atoms with van der Waals surface area (Å²) >= 11 is 0. The maximum absolute atomic E-state index is 13.3. The molecule has 2 rings (SSSR count). The Morgan fingerprint density at radius 1 is 1.43 bits per heavy atom. The summed E-state index contributed by atoms with van der Waals surface area (Å²) in [5, 5.41) is 3.66. The fourth-order valence-electron chi connectivity index (χ4n) is 3.25. The number of halogens is 1. The smallest absolute Gasteiger partial charge is 0.123 e. The molecule has 0 saturated carbocycles. The molecule has 1 heterocycles. The summed E-state index contributed by atoms with van der Waals surface area (Å²) in [4.78, 5) is 2.57. The molecule has 2 unspecified atom stereocenters. The van der Waals surface area contributed by atoms with E-state index in [2.05, 4.69) is 37.9 Å². The molecule has 0 amide bonds. The Bertz CT molecular complexity index is 484. The number of hydrogen-bond acceptors (Lipinski definition) is 2. The van der Waals surface area contributed by atoms with Crippen molar-refractivity contribution in [2.24, 2.45) is 5.92 Å². The highest BCUT2D eigenvalue weighted by atomic mass is 19.1. The SMILES string of the molecule is CCC(C)C1CNC(C)(C)CN1Cc1ccc(F)cc1C. The molecule has 1 aromatic carbocycles. The van der Waals surface area contributed by atoms with E-state index >= 15 is 0 Å². The van der Waals surface area contributed by atoms with E-state index in [1.807, 2.05) is 13.0 Å². The van der Waals surface area contributed by atoms with Gasteiger partial charge in [-0.25, -0.2) is 4.39 Å². The van der Waals surface area contributed by atoms with E-state index in [9.17, 15) is 4.39 Å². The molecule has 1 aromatic rings. The van der Waals surface area contributed by atoms with Crippen LogP contribution in [0.4, 0.5) is 4.39 Å². The van der Waals surface area contributed by atoms with Gasteiger partial charge in [-0.05, 0) is 49.9 Å². The molecule has 1 N–H and O–H groups in total. The highest BCUT2D eigenvalue weighted by molar-refractivity contribution is 5.26. The van der Waals surface area contributed by atoms with E-state index in [0.717, 1.165) is 25.2 Å². The van der Waals surface area contributed by atoms with E-state index in [0.29, 0.717) is 12.0 Å². The van der Waals surface area contributed by atoms with Crippen LogP contribution >= 0.6 is 0 Å². The average molecular weight is 292 g/mol. The van der Waals surface area contributed by atoms with Crippen LogP contribution in [0.5, 0.6) is 0 Å². The Labute approximate surface area is 128 Å². The standard InChI is InChI=1S/C18H29FN2/c1-6-13(2)17-10-20-18(4,5)12-21(17)11-15-7-8-16(19)9-14(15)3/h7-9,13,17,20H,6,10-12H2,1-5H3. The van der Waals surface area contributed by atoms with Gasteiger partial charge in [0.15, 0.2) is 0 Å². The van der Waals surface area contributed by atoms with Crippen molar-refractivity contribution in [3.05, 3.63) is 35.1 Å². The Kier molecular flexibility index (Phi) is 5.05. The summed E-state index contributed by atoms with van der Waals surface area (Å²) in [5.74, 6) is 0.518. The third-order valence-electron chi connectivity index (χ3n) is 4.84. The zero-order valence-corrected chi connectivity index (χ0v) is 14.0. The van der Waals surface area contributed by atoms with Gasteiger partial charge < -0.3 is 5.32 Å². The van der Waals surface area contributed by atoms with Crippen LogP contribution in [0.3, 0.4) is 0 Å². The molecular weight excluding hydrogens is 263 g/mol. The summed E-state index contributed by atoms with van der Waals surface area (Å²) in [6, 6.07) is 5.70. The highest BCUT2D eigenvalue weighted by Crippen LogP contribution is 2.25. The van der Waals surface area contributed by atoms with Gasteiger partial charge in [0.25, 0.3) is 0 Å². The Morgan fingerprint density at radius 2 is 2.14 bits per heavy atom. The average Bonchev–Trinajstić information content (AvgIpc) is 2.40. The molecule has 2 nitrogen and oxygen atoms in total. The first-order chi connectivity index (χ1) is 9.82. The van der Waals surface area contributed by atoms with Crippen molar-refractivity contribution in [2.45, 2.75) is 59.2 Å². The van der Waals surface area contributed by atoms with Gasteiger partial charge in [-0.1, -0.05) is 26.3 Å². The number of aryl methyl sites for hydroxylation is 1. The van der Waals surface area contributed by atoms with Crippen LogP contribution in [0.2, 0.25) is 0 Å². The molecule has 0 aliphatic carbocycles. The summed E-state index contributed by atoms with van der Waals surface area (Å²) in [5.41, 5.74) is 2.43. The second-order valence-electron chi connectivity index (χ2n) is 7.19. The fraction of sp³-hybridized carbons (Fsp3) is 0.667. The molecule has 0 spiro atoms. The van der Waals surface area contributed by atoms with Crippen molar-refractivity contribution in [1.82, 2.24) is 10.2 Å². The van der Waals surface area contributed by atoms with Crippen LogP contribution in [0.15, 0.2) is 18.2 Å². The number of benzene rings is 1. The van der Waals surface area contributed by atoms with E-state index in [4.69, 9.17) is 0 Å². The van der Waals surface area contributed by atoms with Gasteiger partial charge in [0, 0.05) is 31.2 Å². The number of piperazine rings is 1. The lowest BCUT2D eigenvalue weighted by Gasteiger charge is -2.47. The van der Waals surface area contributed by atoms with Crippen molar-refractivity contribution >= 4 is 0 Å². The molecule has 0 aromatic heterocycles. The minimum absolute atomic E-state index is 0.137. The molecule has 21 heavy (non-hydrogen) atoms. The lowest BCUT2D eigenvalue weighted by molar-refractivity contribution is 0.0569. The summed E-state index contributed by atoms with van der Waals surface area (Å²) in [7, 11) is 0. The van der Waals surface area contributed by atoms with Crippen molar-refractivity contribution in [1.29, 1.82) is 0 Å². The predicted molar refractivity (Wildman–Crippen MR) is 86.9 cm³/mol. The van der Waals surface area contributed by atoms with E-state index in [-0.39, 0.29) is 11.4 Å². The molecule has 0 bridgehead atoms. The van der Waals surface area contributed by atoms with Crippen LogP contribution in [0, 0.1) is 18.7 Å². The summed E-state index contributed by atoms with van der Waals surface area (Å²) < 4.78 is 13.3. The Morgan fingerprint density at radius 3 is 2.76 bits per heavy atom. The number of rotatable bonds is 4. The minimum atomic E-state index is -0.143. The lowest BCUT2D eigenvalue weighted by atomic mass is 9.90. The maximum Gasteiger partial charge on any atom is 0.123 e. The van der Waals surface area contributed by atoms with Crippen LogP contribution < -0.4 is 5.32 Å². The normalized spacial score (nSPS) is 24.0. The maximum atomic E-state index is 13.3. The van der Waals surface area contributed by atoms with Crippen molar-refractivity contribution in [3.63, 3.8) is 0 Å². The molecule has 1 saturated heterocycles. The van der Waals surface area contributed by atoms with E-state index in [1.54, 1.807) is 12.1 Å². The second-order valence-corrected chi connectivity index (χ2v) is 7.19. The molecule has 3 heteroatoms. The lowest BCUT2D eigenvalue weighted by Crippen LogP contribution is -2.62. The first-order valence-electron chi connectivity index (χ1n) is 8.06. The van der Waals surface area contributed by atoms with Gasteiger partial charge in [0.1, 0.15) is 5.82 Å². The molecular formula is C18H29FN2. The van der Waals surface area contributed by atoms with Crippen LogP contribution in [0.1, 0.15) is 45.2 Å². The molecule has 0 radical (unpaired) electrons. The first-order valence-corrected chi connectivity index (χ1v) is 8.06. The minimum Gasteiger partial charge on any atom is -0.309 e. The van der Waals surface area contributed by atoms with Gasteiger partial charge in [0.2, 0.25) is 0 Å². The first kappa shape index (κ1) is 16.4. The van der Waals surface area contributed by atoms with Gasteiger partial charge in [-0.3, -0.25) is 4.90 Å². The van der Waals surface area contributed by atoms with Crippen LogP contribution in [0.25, 0.3) is 0 Å².